The second-order valence-corrected chi connectivity index (χ2v) is 9.54. The summed E-state index contributed by atoms with van der Waals surface area (Å²) in [6.07, 6.45) is 0. The fraction of sp³-hybridized carbons (Fsp3) is 1.00. The SMILES string of the molecule is CC[N](C)[Nb+2]([N](C)CC)[N](C)CC. The van der Waals surface area contributed by atoms with E-state index in [1.807, 2.05) is 0 Å². The zero-order chi connectivity index (χ0) is 10.4. The molecule has 0 atom stereocenters. The molecule has 0 aromatic heterocycles. The van der Waals surface area contributed by atoms with Crippen LogP contribution in [0.2, 0.25) is 0 Å². The van der Waals surface area contributed by atoms with Gasteiger partial charge in [-0.2, -0.15) is 0 Å². The van der Waals surface area contributed by atoms with Crippen LogP contribution in [0.4, 0.5) is 0 Å². The maximum atomic E-state index is 2.54. The molecule has 0 amide bonds. The van der Waals surface area contributed by atoms with E-state index in [9.17, 15) is 0 Å². The maximum absolute atomic E-state index is 2.54. The molecule has 0 rings (SSSR count). The summed E-state index contributed by atoms with van der Waals surface area (Å²) in [6.45, 7) is 10.2. The Morgan fingerprint density at radius 1 is 0.692 bits per heavy atom. The average molecular weight is 267 g/mol. The Morgan fingerprint density at radius 3 is 1.08 bits per heavy atom. The van der Waals surface area contributed by atoms with Crippen LogP contribution in [0.3, 0.4) is 0 Å². The van der Waals surface area contributed by atoms with Gasteiger partial charge in [0, 0.05) is 0 Å². The van der Waals surface area contributed by atoms with Crippen molar-refractivity contribution >= 4 is 0 Å². The topological polar surface area (TPSA) is 9.72 Å². The van der Waals surface area contributed by atoms with E-state index in [4.69, 9.17) is 0 Å². The van der Waals surface area contributed by atoms with Crippen LogP contribution in [-0.4, -0.2) is 50.7 Å². The number of rotatable bonds is 6. The molecule has 0 aromatic rings. The monoisotopic (exact) mass is 267 g/mol. The van der Waals surface area contributed by atoms with Crippen molar-refractivity contribution in [2.24, 2.45) is 0 Å². The van der Waals surface area contributed by atoms with E-state index >= 15 is 0 Å². The third-order valence-electron chi connectivity index (χ3n) is 2.29. The zero-order valence-corrected chi connectivity index (χ0v) is 12.1. The van der Waals surface area contributed by atoms with Crippen LogP contribution in [0.15, 0.2) is 0 Å². The minimum absolute atomic E-state index is 1.16. The Kier molecular flexibility index (Phi) is 7.32. The van der Waals surface area contributed by atoms with Crippen molar-refractivity contribution in [2.75, 3.05) is 40.8 Å². The van der Waals surface area contributed by atoms with Gasteiger partial charge in [0.25, 0.3) is 0 Å². The Labute approximate surface area is 90.8 Å². The van der Waals surface area contributed by atoms with Crippen molar-refractivity contribution in [3.05, 3.63) is 0 Å². The summed E-state index contributed by atoms with van der Waals surface area (Å²) in [4.78, 5) is 0. The second-order valence-electron chi connectivity index (χ2n) is 3.19. The summed E-state index contributed by atoms with van der Waals surface area (Å²) in [5, 5.41) is 0. The fourth-order valence-electron chi connectivity index (χ4n) is 1.16. The van der Waals surface area contributed by atoms with Crippen LogP contribution < -0.4 is 0 Å². The van der Waals surface area contributed by atoms with Crippen LogP contribution >= 0.6 is 0 Å². The molecule has 0 saturated carbocycles. The van der Waals surface area contributed by atoms with Crippen molar-refractivity contribution in [3.8, 4) is 0 Å². The van der Waals surface area contributed by atoms with E-state index < -0.39 is 19.2 Å². The summed E-state index contributed by atoms with van der Waals surface area (Å²) in [6, 6.07) is 0. The molecule has 0 aliphatic rings. The van der Waals surface area contributed by atoms with E-state index in [0.717, 1.165) is 19.6 Å². The Balaban J connectivity index is 4.34. The number of hydrogen-bond donors (Lipinski definition) is 0. The fourth-order valence-corrected chi connectivity index (χ4v) is 6.87. The summed E-state index contributed by atoms with van der Waals surface area (Å²) in [7, 11) is 6.75. The molecule has 0 radical (unpaired) electrons. The van der Waals surface area contributed by atoms with Crippen molar-refractivity contribution in [1.82, 2.24) is 9.91 Å². The van der Waals surface area contributed by atoms with Gasteiger partial charge in [-0.3, -0.25) is 0 Å². The average Bonchev–Trinajstić information content (AvgIpc) is 2.16. The predicted octanol–water partition coefficient (Wildman–Crippen LogP) is 1.20. The minimum atomic E-state index is -1.48. The van der Waals surface area contributed by atoms with Crippen molar-refractivity contribution in [3.63, 3.8) is 0 Å². The summed E-state index contributed by atoms with van der Waals surface area (Å²) < 4.78 is 7.61. The Hall–Kier alpha value is 0.620. The Morgan fingerprint density at radius 2 is 0.923 bits per heavy atom. The molecule has 0 unspecified atom stereocenters. The van der Waals surface area contributed by atoms with Crippen molar-refractivity contribution in [2.45, 2.75) is 20.8 Å². The summed E-state index contributed by atoms with van der Waals surface area (Å²) in [5.74, 6) is 0. The van der Waals surface area contributed by atoms with Crippen LogP contribution in [0.5, 0.6) is 0 Å². The van der Waals surface area contributed by atoms with Crippen LogP contribution in [-0.2, 0) is 19.2 Å². The van der Waals surface area contributed by atoms with E-state index in [1.165, 1.54) is 0 Å². The standard InChI is InChI=1S/3C3H8N.Nb/c3*1-3-4-2;/h3*3H2,1-2H3;/q3*-1;+5. The molecule has 0 bridgehead atoms. The molecule has 13 heavy (non-hydrogen) atoms. The van der Waals surface area contributed by atoms with Gasteiger partial charge >= 0.3 is 90.7 Å². The molecule has 0 N–H and O–H groups in total. The molecule has 0 spiro atoms. The first-order valence-corrected chi connectivity index (χ1v) is 7.96. The van der Waals surface area contributed by atoms with Gasteiger partial charge < -0.3 is 0 Å². The third kappa shape index (κ3) is 4.11. The van der Waals surface area contributed by atoms with Gasteiger partial charge in [0.15, 0.2) is 0 Å². The van der Waals surface area contributed by atoms with Crippen molar-refractivity contribution in [1.29, 1.82) is 0 Å². The van der Waals surface area contributed by atoms with Gasteiger partial charge in [-0.1, -0.05) is 0 Å². The Bertz CT molecular complexity index is 108. The van der Waals surface area contributed by atoms with Gasteiger partial charge in [-0.25, -0.2) is 0 Å². The molecule has 0 fully saturated rings. The van der Waals surface area contributed by atoms with Crippen molar-refractivity contribution < 1.29 is 19.2 Å². The van der Waals surface area contributed by atoms with E-state index in [-0.39, 0.29) is 0 Å². The second kappa shape index (κ2) is 6.98. The molecule has 78 valence electrons. The molecular weight excluding hydrogens is 243 g/mol. The van der Waals surface area contributed by atoms with Crippen LogP contribution in [0.25, 0.3) is 0 Å². The van der Waals surface area contributed by atoms with E-state index in [2.05, 4.69) is 51.8 Å². The summed E-state index contributed by atoms with van der Waals surface area (Å²) >= 11 is -1.48. The third-order valence-corrected chi connectivity index (χ3v) is 8.88. The van der Waals surface area contributed by atoms with Gasteiger partial charge in [0.2, 0.25) is 0 Å². The molecule has 4 heteroatoms. The molecule has 0 heterocycles. The number of hydrogen-bond acceptors (Lipinski definition) is 3. The zero-order valence-electron chi connectivity index (χ0n) is 9.91. The number of nitrogens with zero attached hydrogens (tertiary/aromatic N) is 3. The molecule has 3 nitrogen and oxygen atoms in total. The predicted molar refractivity (Wildman–Crippen MR) is 54.9 cm³/mol. The van der Waals surface area contributed by atoms with Gasteiger partial charge in [-0.15, -0.1) is 0 Å². The molecule has 0 aromatic carbocycles. The molecule has 0 aliphatic heterocycles. The quantitative estimate of drug-likeness (QED) is 0.670. The molecular formula is C9H24N3Nb+2. The van der Waals surface area contributed by atoms with Gasteiger partial charge in [0.05, 0.1) is 0 Å². The van der Waals surface area contributed by atoms with E-state index in [1.54, 1.807) is 0 Å². The molecule has 0 aliphatic carbocycles. The molecule has 0 saturated heterocycles. The first-order valence-electron chi connectivity index (χ1n) is 5.01. The van der Waals surface area contributed by atoms with Gasteiger partial charge in [0.1, 0.15) is 0 Å². The first kappa shape index (κ1) is 13.6. The van der Waals surface area contributed by atoms with Crippen LogP contribution in [0, 0.1) is 0 Å². The summed E-state index contributed by atoms with van der Waals surface area (Å²) in [5.41, 5.74) is 0. The van der Waals surface area contributed by atoms with E-state index in [0.29, 0.717) is 0 Å². The van der Waals surface area contributed by atoms with Crippen LogP contribution in [0.1, 0.15) is 20.8 Å². The van der Waals surface area contributed by atoms with Gasteiger partial charge in [-0.05, 0) is 0 Å². The first-order chi connectivity index (χ1) is 6.08. The normalized spacial score (nSPS) is 11.8.